The van der Waals surface area contributed by atoms with Crippen molar-refractivity contribution in [2.45, 2.75) is 6.17 Å². The minimum absolute atomic E-state index is 0.0839. The number of pyridine rings is 1. The third kappa shape index (κ3) is 2.79. The van der Waals surface area contributed by atoms with E-state index < -0.39 is 0 Å². The molecule has 32 heavy (non-hydrogen) atoms. The maximum atomic E-state index is 12.7. The van der Waals surface area contributed by atoms with Crippen LogP contribution < -0.4 is 10.2 Å². The van der Waals surface area contributed by atoms with Crippen LogP contribution >= 0.6 is 0 Å². The highest BCUT2D eigenvalue weighted by molar-refractivity contribution is 6.02. The predicted molar refractivity (Wildman–Crippen MR) is 124 cm³/mol. The van der Waals surface area contributed by atoms with Crippen molar-refractivity contribution in [1.82, 2.24) is 25.5 Å². The molecule has 0 saturated heterocycles. The van der Waals surface area contributed by atoms with Gasteiger partial charge in [0, 0.05) is 30.4 Å². The molecule has 6 rings (SSSR count). The molecule has 5 aromatic rings. The Balaban J connectivity index is 1.36. The van der Waals surface area contributed by atoms with Crippen molar-refractivity contribution in [3.63, 3.8) is 0 Å². The average Bonchev–Trinajstić information content (AvgIpc) is 3.51. The Labute approximate surface area is 184 Å². The van der Waals surface area contributed by atoms with Gasteiger partial charge in [-0.05, 0) is 41.0 Å². The molecule has 7 nitrogen and oxygen atoms in total. The van der Waals surface area contributed by atoms with Crippen molar-refractivity contribution in [3.05, 3.63) is 90.4 Å². The van der Waals surface area contributed by atoms with E-state index in [4.69, 9.17) is 0 Å². The van der Waals surface area contributed by atoms with E-state index in [0.717, 1.165) is 44.7 Å². The summed E-state index contributed by atoms with van der Waals surface area (Å²) < 4.78 is 0. The molecule has 7 heteroatoms. The van der Waals surface area contributed by atoms with Gasteiger partial charge in [-0.3, -0.25) is 9.89 Å². The number of amides is 1. The van der Waals surface area contributed by atoms with Gasteiger partial charge in [-0.2, -0.15) is 5.10 Å². The second kappa shape index (κ2) is 7.09. The number of para-hydroxylation sites is 1. The van der Waals surface area contributed by atoms with Gasteiger partial charge in [0.2, 0.25) is 0 Å². The van der Waals surface area contributed by atoms with Gasteiger partial charge >= 0.3 is 0 Å². The smallest absolute Gasteiger partial charge is 0.255 e. The quantitative estimate of drug-likeness (QED) is 0.401. The van der Waals surface area contributed by atoms with Crippen LogP contribution in [0.3, 0.4) is 0 Å². The number of carbonyl (C=O) groups excluding carboxylic acids is 1. The summed E-state index contributed by atoms with van der Waals surface area (Å²) in [4.78, 5) is 22.3. The highest BCUT2D eigenvalue weighted by Gasteiger charge is 2.31. The summed E-state index contributed by atoms with van der Waals surface area (Å²) in [7, 11) is 1.98. The standard InChI is InChI=1S/C25H20N6O/c1-31-21-5-3-2-4-19(21)25(32)29-24(31)20-14-28-30-22(20)16-8-6-15(7-9-16)17-10-12-26-23-18(17)11-13-27-23/h2-14,24H,1H3,(H,26,27)(H,28,30)(H,29,32). The van der Waals surface area contributed by atoms with Crippen LogP contribution in [0.15, 0.2) is 79.3 Å². The molecular weight excluding hydrogens is 400 g/mol. The molecule has 1 aliphatic heterocycles. The van der Waals surface area contributed by atoms with Gasteiger partial charge in [0.15, 0.2) is 0 Å². The Morgan fingerprint density at radius 2 is 1.75 bits per heavy atom. The van der Waals surface area contributed by atoms with Gasteiger partial charge in [-0.1, -0.05) is 36.4 Å². The number of H-pyrrole nitrogens is 2. The van der Waals surface area contributed by atoms with Crippen LogP contribution in [0.1, 0.15) is 22.1 Å². The summed E-state index contributed by atoms with van der Waals surface area (Å²) in [6.45, 7) is 0. The van der Waals surface area contributed by atoms with Crippen LogP contribution in [-0.2, 0) is 0 Å². The van der Waals surface area contributed by atoms with E-state index in [1.54, 1.807) is 6.20 Å². The van der Waals surface area contributed by atoms with Crippen molar-refractivity contribution in [2.24, 2.45) is 0 Å². The number of hydrogen-bond donors (Lipinski definition) is 3. The number of nitrogens with one attached hydrogen (secondary N) is 3. The molecule has 0 bridgehead atoms. The zero-order valence-electron chi connectivity index (χ0n) is 17.3. The molecule has 1 atom stereocenters. The van der Waals surface area contributed by atoms with Crippen LogP contribution in [-0.4, -0.2) is 33.1 Å². The Morgan fingerprint density at radius 3 is 2.62 bits per heavy atom. The Morgan fingerprint density at radius 1 is 0.938 bits per heavy atom. The van der Waals surface area contributed by atoms with Gasteiger partial charge in [0.05, 0.1) is 23.1 Å². The summed E-state index contributed by atoms with van der Waals surface area (Å²) >= 11 is 0. The lowest BCUT2D eigenvalue weighted by Crippen LogP contribution is -2.44. The van der Waals surface area contributed by atoms with Crippen molar-refractivity contribution in [2.75, 3.05) is 11.9 Å². The fourth-order valence-electron chi connectivity index (χ4n) is 4.46. The monoisotopic (exact) mass is 420 g/mol. The topological polar surface area (TPSA) is 89.7 Å². The van der Waals surface area contributed by atoms with Crippen LogP contribution in [0.25, 0.3) is 33.4 Å². The number of benzene rings is 2. The first kappa shape index (κ1) is 18.4. The lowest BCUT2D eigenvalue weighted by molar-refractivity contribution is 0.0928. The number of carbonyl (C=O) groups is 1. The molecule has 0 spiro atoms. The first-order valence-electron chi connectivity index (χ1n) is 10.4. The number of fused-ring (bicyclic) bond motifs is 2. The van der Waals surface area contributed by atoms with Gasteiger partial charge in [0.1, 0.15) is 11.8 Å². The van der Waals surface area contributed by atoms with Crippen LogP contribution in [0.4, 0.5) is 5.69 Å². The number of nitrogens with zero attached hydrogens (tertiary/aromatic N) is 3. The molecular formula is C25H20N6O. The van der Waals surface area contributed by atoms with E-state index in [1.807, 2.05) is 55.8 Å². The molecule has 1 unspecified atom stereocenters. The zero-order valence-corrected chi connectivity index (χ0v) is 17.3. The third-order valence-corrected chi connectivity index (χ3v) is 6.09. The zero-order chi connectivity index (χ0) is 21.7. The molecule has 0 radical (unpaired) electrons. The molecule has 0 fully saturated rings. The predicted octanol–water partition coefficient (Wildman–Crippen LogP) is 4.50. The minimum Gasteiger partial charge on any atom is -0.350 e. The minimum atomic E-state index is -0.314. The normalized spacial score (nSPS) is 15.6. The first-order chi connectivity index (χ1) is 15.7. The summed E-state index contributed by atoms with van der Waals surface area (Å²) in [6.07, 6.45) is 5.18. The average molecular weight is 420 g/mol. The maximum absolute atomic E-state index is 12.7. The van der Waals surface area contributed by atoms with Crippen molar-refractivity contribution < 1.29 is 4.79 Å². The van der Waals surface area contributed by atoms with Gasteiger partial charge < -0.3 is 15.2 Å². The van der Waals surface area contributed by atoms with E-state index in [2.05, 4.69) is 54.6 Å². The van der Waals surface area contributed by atoms with Crippen molar-refractivity contribution >= 4 is 22.6 Å². The number of hydrogen-bond acceptors (Lipinski definition) is 4. The fraction of sp³-hybridized carbons (Fsp3) is 0.0800. The third-order valence-electron chi connectivity index (χ3n) is 6.09. The van der Waals surface area contributed by atoms with Crippen LogP contribution in [0.5, 0.6) is 0 Å². The Hall–Kier alpha value is -4.39. The Kier molecular flexibility index (Phi) is 4.07. The Bertz CT molecular complexity index is 1450. The summed E-state index contributed by atoms with van der Waals surface area (Å²) in [5.41, 5.74) is 7.49. The number of aromatic nitrogens is 4. The molecule has 3 N–H and O–H groups in total. The summed E-state index contributed by atoms with van der Waals surface area (Å²) in [5.74, 6) is -0.0839. The molecule has 1 amide bonds. The van der Waals surface area contributed by atoms with Crippen LogP contribution in [0, 0.1) is 0 Å². The van der Waals surface area contributed by atoms with E-state index in [9.17, 15) is 4.79 Å². The molecule has 156 valence electrons. The molecule has 0 saturated carbocycles. The SMILES string of the molecule is CN1c2ccccc2C(=O)NC1c1cn[nH]c1-c1ccc(-c2ccnc3[nH]ccc23)cc1. The van der Waals surface area contributed by atoms with Gasteiger partial charge in [0.25, 0.3) is 5.91 Å². The largest absolute Gasteiger partial charge is 0.350 e. The van der Waals surface area contributed by atoms with Gasteiger partial charge in [-0.25, -0.2) is 4.98 Å². The summed E-state index contributed by atoms with van der Waals surface area (Å²) in [5, 5.41) is 11.6. The van der Waals surface area contributed by atoms with E-state index >= 15 is 0 Å². The van der Waals surface area contributed by atoms with E-state index in [-0.39, 0.29) is 12.1 Å². The van der Waals surface area contributed by atoms with Crippen molar-refractivity contribution in [1.29, 1.82) is 0 Å². The molecule has 1 aliphatic rings. The number of anilines is 1. The summed E-state index contributed by atoms with van der Waals surface area (Å²) in [6, 6.07) is 20.0. The highest BCUT2D eigenvalue weighted by Crippen LogP contribution is 2.36. The molecule has 4 heterocycles. The van der Waals surface area contributed by atoms with Gasteiger partial charge in [-0.15, -0.1) is 0 Å². The van der Waals surface area contributed by atoms with Crippen molar-refractivity contribution in [3.8, 4) is 22.4 Å². The lowest BCUT2D eigenvalue weighted by Gasteiger charge is -2.36. The molecule has 2 aromatic carbocycles. The van der Waals surface area contributed by atoms with E-state index in [0.29, 0.717) is 5.56 Å². The number of rotatable bonds is 3. The molecule has 3 aromatic heterocycles. The van der Waals surface area contributed by atoms with E-state index in [1.165, 1.54) is 0 Å². The lowest BCUT2D eigenvalue weighted by atomic mass is 9.98. The second-order valence-electron chi connectivity index (χ2n) is 7.88. The highest BCUT2D eigenvalue weighted by atomic mass is 16.2. The fourth-order valence-corrected chi connectivity index (χ4v) is 4.46. The van der Waals surface area contributed by atoms with Crippen LogP contribution in [0.2, 0.25) is 0 Å². The maximum Gasteiger partial charge on any atom is 0.255 e. The second-order valence-corrected chi connectivity index (χ2v) is 7.88. The first-order valence-corrected chi connectivity index (χ1v) is 10.4. The number of aromatic amines is 2. The molecule has 0 aliphatic carbocycles.